The first kappa shape index (κ1) is 17.9. The topological polar surface area (TPSA) is 41.1 Å². The second-order valence-electron chi connectivity index (χ2n) is 6.02. The molecule has 1 atom stereocenters. The van der Waals surface area contributed by atoms with E-state index >= 15 is 0 Å². The summed E-state index contributed by atoms with van der Waals surface area (Å²) in [5.74, 6) is -1.90. The van der Waals surface area contributed by atoms with Crippen molar-refractivity contribution in [2.75, 3.05) is 13.1 Å². The van der Waals surface area contributed by atoms with Crippen molar-refractivity contribution in [1.82, 2.24) is 10.6 Å². The molecule has 0 bridgehead atoms. The highest BCUT2D eigenvalue weighted by Crippen LogP contribution is 2.36. The first-order valence-electron chi connectivity index (χ1n) is 8.31. The molecule has 0 spiro atoms. The first-order valence-corrected chi connectivity index (χ1v) is 9.19. The van der Waals surface area contributed by atoms with Gasteiger partial charge in [0.05, 0.1) is 0 Å². The number of benzene rings is 2. The molecule has 1 saturated heterocycles. The van der Waals surface area contributed by atoms with Crippen LogP contribution in [-0.4, -0.2) is 25.0 Å². The number of halogens is 2. The molecule has 3 nitrogen and oxygen atoms in total. The number of thioether (sulfide) groups is 1. The molecule has 2 aromatic carbocycles. The Morgan fingerprint density at radius 1 is 1.08 bits per heavy atom. The molecule has 2 aromatic rings. The van der Waals surface area contributed by atoms with Crippen LogP contribution < -0.4 is 10.6 Å². The van der Waals surface area contributed by atoms with E-state index in [0.717, 1.165) is 43.6 Å². The number of hydrogen-bond donors (Lipinski definition) is 2. The van der Waals surface area contributed by atoms with Crippen molar-refractivity contribution in [3.63, 3.8) is 0 Å². The normalized spacial score (nSPS) is 16.4. The molecule has 0 aromatic heterocycles. The molecule has 0 radical (unpaired) electrons. The van der Waals surface area contributed by atoms with Gasteiger partial charge in [-0.15, -0.1) is 11.8 Å². The van der Waals surface area contributed by atoms with E-state index in [-0.39, 0.29) is 11.9 Å². The maximum absolute atomic E-state index is 13.5. The van der Waals surface area contributed by atoms with Crippen LogP contribution in [0.25, 0.3) is 0 Å². The Bertz CT molecular complexity index is 721. The van der Waals surface area contributed by atoms with Crippen LogP contribution in [0.2, 0.25) is 0 Å². The molecule has 2 N–H and O–H groups in total. The molecular formula is C19H20F2N2OS. The van der Waals surface area contributed by atoms with Crippen molar-refractivity contribution in [2.45, 2.75) is 29.0 Å². The average Bonchev–Trinajstić information content (AvgIpc) is 2.64. The molecule has 1 aliphatic rings. The van der Waals surface area contributed by atoms with Gasteiger partial charge in [-0.2, -0.15) is 0 Å². The van der Waals surface area contributed by atoms with Crippen LogP contribution in [0.5, 0.6) is 0 Å². The third-order valence-electron chi connectivity index (χ3n) is 4.17. The largest absolute Gasteiger partial charge is 0.352 e. The van der Waals surface area contributed by atoms with E-state index in [1.165, 1.54) is 17.8 Å². The third kappa shape index (κ3) is 4.80. The van der Waals surface area contributed by atoms with Gasteiger partial charge in [-0.05, 0) is 49.7 Å². The second kappa shape index (κ2) is 8.45. The summed E-state index contributed by atoms with van der Waals surface area (Å²) in [5.41, 5.74) is 0.837. The summed E-state index contributed by atoms with van der Waals surface area (Å²) in [7, 11) is 0. The van der Waals surface area contributed by atoms with Crippen LogP contribution >= 0.6 is 11.8 Å². The fourth-order valence-electron chi connectivity index (χ4n) is 2.83. The number of nitrogens with one attached hydrogen (secondary N) is 2. The van der Waals surface area contributed by atoms with Crippen molar-refractivity contribution in [3.8, 4) is 0 Å². The quantitative estimate of drug-likeness (QED) is 0.798. The van der Waals surface area contributed by atoms with Gasteiger partial charge >= 0.3 is 0 Å². The highest BCUT2D eigenvalue weighted by Gasteiger charge is 2.25. The number of carbonyl (C=O) groups excluding carboxylic acids is 1. The maximum Gasteiger partial charge on any atom is 0.238 e. The maximum atomic E-state index is 13.5. The number of piperidine rings is 1. The van der Waals surface area contributed by atoms with Crippen molar-refractivity contribution in [3.05, 3.63) is 65.7 Å². The minimum absolute atomic E-state index is 0.104. The third-order valence-corrected chi connectivity index (χ3v) is 5.42. The number of carbonyl (C=O) groups is 1. The Labute approximate surface area is 150 Å². The van der Waals surface area contributed by atoms with Crippen molar-refractivity contribution in [2.24, 2.45) is 0 Å². The lowest BCUT2D eigenvalue weighted by Gasteiger charge is -2.26. The Morgan fingerprint density at radius 3 is 2.48 bits per heavy atom. The van der Waals surface area contributed by atoms with E-state index in [1.807, 2.05) is 30.3 Å². The summed E-state index contributed by atoms with van der Waals surface area (Å²) in [6, 6.07) is 13.2. The Hall–Kier alpha value is -1.92. The van der Waals surface area contributed by atoms with Crippen molar-refractivity contribution < 1.29 is 13.6 Å². The minimum Gasteiger partial charge on any atom is -0.352 e. The molecule has 1 heterocycles. The zero-order valence-corrected chi connectivity index (χ0v) is 14.5. The summed E-state index contributed by atoms with van der Waals surface area (Å²) in [4.78, 5) is 13.4. The number of amides is 1. The predicted molar refractivity (Wildman–Crippen MR) is 95.4 cm³/mol. The molecule has 25 heavy (non-hydrogen) atoms. The molecule has 1 aliphatic heterocycles. The molecule has 3 rings (SSSR count). The smallest absolute Gasteiger partial charge is 0.238 e. The summed E-state index contributed by atoms with van der Waals surface area (Å²) in [5, 5.41) is 5.85. The van der Waals surface area contributed by atoms with E-state index < -0.39 is 16.9 Å². The zero-order valence-electron chi connectivity index (χ0n) is 13.7. The van der Waals surface area contributed by atoms with Gasteiger partial charge in [0.1, 0.15) is 5.25 Å². The van der Waals surface area contributed by atoms with E-state index in [9.17, 15) is 13.6 Å². The fourth-order valence-corrected chi connectivity index (χ4v) is 3.89. The Morgan fingerprint density at radius 2 is 1.80 bits per heavy atom. The minimum atomic E-state index is -0.907. The second-order valence-corrected chi connectivity index (χ2v) is 7.20. The van der Waals surface area contributed by atoms with Crippen LogP contribution in [-0.2, 0) is 4.79 Å². The lowest BCUT2D eigenvalue weighted by molar-refractivity contribution is -0.121. The van der Waals surface area contributed by atoms with Crippen LogP contribution in [0, 0.1) is 11.6 Å². The Kier molecular flexibility index (Phi) is 6.04. The highest BCUT2D eigenvalue weighted by molar-refractivity contribution is 8.00. The lowest BCUT2D eigenvalue weighted by atomic mass is 10.1. The van der Waals surface area contributed by atoms with Gasteiger partial charge in [0.15, 0.2) is 11.6 Å². The summed E-state index contributed by atoms with van der Waals surface area (Å²) < 4.78 is 26.7. The van der Waals surface area contributed by atoms with Crippen molar-refractivity contribution >= 4 is 17.7 Å². The van der Waals surface area contributed by atoms with Gasteiger partial charge < -0.3 is 10.6 Å². The predicted octanol–water partition coefficient (Wildman–Crippen LogP) is 3.67. The summed E-state index contributed by atoms with van der Waals surface area (Å²) in [6.45, 7) is 1.77. The molecule has 6 heteroatoms. The molecule has 0 saturated carbocycles. The molecule has 1 unspecified atom stereocenters. The highest BCUT2D eigenvalue weighted by atomic mass is 32.2. The van der Waals surface area contributed by atoms with Gasteiger partial charge in [-0.25, -0.2) is 8.78 Å². The van der Waals surface area contributed by atoms with E-state index in [2.05, 4.69) is 10.6 Å². The molecular weight excluding hydrogens is 342 g/mol. The SMILES string of the molecule is O=C(NC1CCNCC1)C(Sc1ccc(F)c(F)c1)c1ccccc1. The van der Waals surface area contributed by atoms with Gasteiger partial charge in [0, 0.05) is 10.9 Å². The van der Waals surface area contributed by atoms with Gasteiger partial charge in [-0.1, -0.05) is 30.3 Å². The average molecular weight is 362 g/mol. The fraction of sp³-hybridized carbons (Fsp3) is 0.316. The molecule has 0 aliphatic carbocycles. The van der Waals surface area contributed by atoms with E-state index in [4.69, 9.17) is 0 Å². The van der Waals surface area contributed by atoms with E-state index in [0.29, 0.717) is 4.90 Å². The zero-order chi connectivity index (χ0) is 17.6. The van der Waals surface area contributed by atoms with Crippen LogP contribution in [0.1, 0.15) is 23.7 Å². The standard InChI is InChI=1S/C19H20F2N2OS/c20-16-7-6-15(12-17(16)21)25-18(13-4-2-1-3-5-13)19(24)23-14-8-10-22-11-9-14/h1-7,12,14,18,22H,8-11H2,(H,23,24). The number of rotatable bonds is 5. The summed E-state index contributed by atoms with van der Waals surface area (Å²) >= 11 is 1.23. The molecule has 1 fully saturated rings. The summed E-state index contributed by atoms with van der Waals surface area (Å²) in [6.07, 6.45) is 1.78. The number of hydrogen-bond acceptors (Lipinski definition) is 3. The molecule has 132 valence electrons. The first-order chi connectivity index (χ1) is 12.1. The van der Waals surface area contributed by atoms with Crippen LogP contribution in [0.4, 0.5) is 8.78 Å². The lowest BCUT2D eigenvalue weighted by Crippen LogP contribution is -2.44. The van der Waals surface area contributed by atoms with E-state index in [1.54, 1.807) is 0 Å². The van der Waals surface area contributed by atoms with Crippen LogP contribution in [0.3, 0.4) is 0 Å². The van der Waals surface area contributed by atoms with Crippen molar-refractivity contribution in [1.29, 1.82) is 0 Å². The molecule has 1 amide bonds. The van der Waals surface area contributed by atoms with Gasteiger partial charge in [0.2, 0.25) is 5.91 Å². The van der Waals surface area contributed by atoms with Gasteiger partial charge in [0.25, 0.3) is 0 Å². The monoisotopic (exact) mass is 362 g/mol. The Balaban J connectivity index is 1.79. The van der Waals surface area contributed by atoms with Gasteiger partial charge in [-0.3, -0.25) is 4.79 Å². The van der Waals surface area contributed by atoms with Crippen LogP contribution in [0.15, 0.2) is 53.4 Å².